The molecule has 1 heterocycles. The highest BCUT2D eigenvalue weighted by Crippen LogP contribution is 2.27. The molecule has 0 aromatic heterocycles. The molecule has 438 valence electrons. The normalized spacial score (nSPS) is 25.3. The van der Waals surface area contributed by atoms with Crippen LogP contribution >= 0.6 is 0 Å². The number of amides is 6. The molecule has 1 aliphatic carbocycles. The van der Waals surface area contributed by atoms with Gasteiger partial charge in [0.15, 0.2) is 17.3 Å². The number of ketones is 4. The van der Waals surface area contributed by atoms with Crippen LogP contribution in [-0.2, 0) is 54.4 Å². The van der Waals surface area contributed by atoms with Gasteiger partial charge in [0.1, 0.15) is 23.9 Å². The Morgan fingerprint density at radius 1 is 0.654 bits per heavy atom. The fourth-order valence-corrected chi connectivity index (χ4v) is 10.1. The molecule has 1 aromatic rings. The monoisotopic (exact) mass is 1100 g/mol. The molecule has 23 heteroatoms. The van der Waals surface area contributed by atoms with E-state index in [-0.39, 0.29) is 83.0 Å². The van der Waals surface area contributed by atoms with Gasteiger partial charge < -0.3 is 70.2 Å². The average molecular weight is 1100 g/mol. The summed E-state index contributed by atoms with van der Waals surface area (Å²) in [5, 5.41) is 47.8. The summed E-state index contributed by atoms with van der Waals surface area (Å²) < 4.78 is 0. The van der Waals surface area contributed by atoms with Crippen LogP contribution in [0.2, 0.25) is 0 Å². The smallest absolute Gasteiger partial charge is 0.243 e. The van der Waals surface area contributed by atoms with Gasteiger partial charge in [0, 0.05) is 62.4 Å². The second-order valence-electron chi connectivity index (χ2n) is 21.7. The molecule has 78 heavy (non-hydrogen) atoms. The third-order valence-electron chi connectivity index (χ3n) is 14.8. The van der Waals surface area contributed by atoms with Crippen molar-refractivity contribution >= 4 is 58.6 Å². The second-order valence-corrected chi connectivity index (χ2v) is 21.7. The van der Waals surface area contributed by atoms with Crippen LogP contribution in [0, 0.1) is 35.5 Å². The van der Waals surface area contributed by atoms with Crippen LogP contribution in [0.4, 0.5) is 0 Å². The predicted molar refractivity (Wildman–Crippen MR) is 290 cm³/mol. The molecule has 1 saturated heterocycles. The van der Waals surface area contributed by atoms with E-state index in [0.717, 1.165) is 32.1 Å². The maximum absolute atomic E-state index is 14.5. The first kappa shape index (κ1) is 66.7. The van der Waals surface area contributed by atoms with Crippen LogP contribution in [-0.4, -0.2) is 155 Å². The van der Waals surface area contributed by atoms with Gasteiger partial charge >= 0.3 is 0 Å². The van der Waals surface area contributed by atoms with Crippen molar-refractivity contribution in [3.05, 3.63) is 35.9 Å². The van der Waals surface area contributed by atoms with Crippen molar-refractivity contribution in [3.8, 4) is 0 Å². The lowest BCUT2D eigenvalue weighted by Crippen LogP contribution is -2.57. The zero-order chi connectivity index (χ0) is 58.1. The van der Waals surface area contributed by atoms with Gasteiger partial charge in [0.05, 0.1) is 36.8 Å². The van der Waals surface area contributed by atoms with Crippen molar-refractivity contribution in [1.29, 1.82) is 0 Å². The van der Waals surface area contributed by atoms with Crippen LogP contribution in [0.3, 0.4) is 0 Å². The summed E-state index contributed by atoms with van der Waals surface area (Å²) in [5.41, 5.74) is 24.7. The number of carbonyl (C=O) groups excluding carboxylic acids is 10. The van der Waals surface area contributed by atoms with E-state index in [1.807, 2.05) is 13.8 Å². The summed E-state index contributed by atoms with van der Waals surface area (Å²) in [4.78, 5) is 140. The highest BCUT2D eigenvalue weighted by molar-refractivity contribution is 5.98. The summed E-state index contributed by atoms with van der Waals surface area (Å²) in [6.07, 6.45) is -0.900. The van der Waals surface area contributed by atoms with Crippen LogP contribution in [0.5, 0.6) is 0 Å². The summed E-state index contributed by atoms with van der Waals surface area (Å²) in [6, 6.07) is 1.73. The van der Waals surface area contributed by atoms with E-state index in [1.54, 1.807) is 30.3 Å². The van der Waals surface area contributed by atoms with Crippen molar-refractivity contribution in [2.45, 2.75) is 179 Å². The highest BCUT2D eigenvalue weighted by Gasteiger charge is 2.38. The topological polar surface area (TPSA) is 408 Å². The third-order valence-corrected chi connectivity index (χ3v) is 14.8. The van der Waals surface area contributed by atoms with Gasteiger partial charge in [0.25, 0.3) is 0 Å². The molecule has 17 N–H and O–H groups in total. The molecule has 2 fully saturated rings. The van der Waals surface area contributed by atoms with Crippen molar-refractivity contribution in [2.75, 3.05) is 32.8 Å². The van der Waals surface area contributed by atoms with E-state index in [2.05, 4.69) is 31.9 Å². The molecule has 3 rings (SSSR count). The molecule has 1 aromatic carbocycles. The van der Waals surface area contributed by atoms with E-state index in [9.17, 15) is 63.3 Å². The number of carbonyl (C=O) groups is 10. The van der Waals surface area contributed by atoms with E-state index < -0.39 is 163 Å². The lowest BCUT2D eigenvalue weighted by atomic mass is 9.83. The number of aliphatic hydroxyl groups excluding tert-OH is 3. The van der Waals surface area contributed by atoms with Gasteiger partial charge in [-0.1, -0.05) is 63.4 Å². The number of rotatable bonds is 23. The van der Waals surface area contributed by atoms with Crippen LogP contribution in [0.1, 0.15) is 130 Å². The Labute approximate surface area is 458 Å². The molecule has 6 amide bonds. The van der Waals surface area contributed by atoms with Crippen LogP contribution < -0.4 is 54.8 Å². The Kier molecular flexibility index (Phi) is 29.5. The van der Waals surface area contributed by atoms with Gasteiger partial charge in [-0.25, -0.2) is 0 Å². The van der Waals surface area contributed by atoms with Crippen molar-refractivity contribution in [2.24, 2.45) is 58.4 Å². The van der Waals surface area contributed by atoms with Crippen molar-refractivity contribution in [3.63, 3.8) is 0 Å². The standard InChI is InChI=1S/C55H90N10O13/c1-31(2)23-44-55(78)63-43(17-21-58)54(77)62-42(16-20-57)47(71)28-39(32(3)67)53(76)60-22-18-36(51(74)61-41(15-19-56)46(70)26-37(52(75)64-44)24-34-11-7-5-8-12-34)25-45(69)38(30-66)27-48(72)50(33(4)68)65-49(73)29-40(59)35-13-9-6-10-14-35/h5,7-8,11-12,31-33,35-44,50,66-68H,6,9-10,13-30,56-59H2,1-4H3,(H,60,76)(H,61,74)(H,62,77)(H,63,78)(H,64,75)(H,65,73)/t32?,33-,36-,37+,38-,39+,40?,41+,42+,43+,44+,50+/m1/s1. The summed E-state index contributed by atoms with van der Waals surface area (Å²) in [6.45, 7) is 4.73. The highest BCUT2D eigenvalue weighted by atomic mass is 16.3. The first-order valence-corrected chi connectivity index (χ1v) is 27.8. The largest absolute Gasteiger partial charge is 0.396 e. The average Bonchev–Trinajstić information content (AvgIpc) is 3.39. The van der Waals surface area contributed by atoms with Gasteiger partial charge in [-0.2, -0.15) is 0 Å². The lowest BCUT2D eigenvalue weighted by Gasteiger charge is -2.28. The number of hydrogen-bond donors (Lipinski definition) is 13. The predicted octanol–water partition coefficient (Wildman–Crippen LogP) is -1.38. The lowest BCUT2D eigenvalue weighted by molar-refractivity contribution is -0.137. The van der Waals surface area contributed by atoms with Crippen LogP contribution in [0.15, 0.2) is 30.3 Å². The third kappa shape index (κ3) is 22.3. The number of hydrogen-bond acceptors (Lipinski definition) is 17. The Morgan fingerprint density at radius 2 is 1.19 bits per heavy atom. The SMILES string of the molecule is CC(C)C[C@@H]1NC(=O)[C@@H](Cc2ccccc2)CC(=O)[C@H](CCN)NC(=O)[C@@H](CC(=O)[C@@H](CO)CC(=O)[C@@H](NC(=O)CC(N)C2CCCCC2)[C@@H](C)O)CCNC(=O)[C@H](C(C)O)CC(=O)[C@H](CCN)NC(=O)[C@H](CCN)NC1=O. The minimum atomic E-state index is -1.46. The Bertz CT molecular complexity index is 2140. The molecule has 0 radical (unpaired) electrons. The van der Waals surface area contributed by atoms with E-state index >= 15 is 0 Å². The number of Topliss-reactive ketones (excluding diaryl/α,β-unsaturated/α-hetero) is 4. The summed E-state index contributed by atoms with van der Waals surface area (Å²) in [7, 11) is 0. The number of aliphatic hydroxyl groups is 3. The van der Waals surface area contributed by atoms with Gasteiger partial charge in [-0.15, -0.1) is 0 Å². The molecule has 2 unspecified atom stereocenters. The molecule has 1 aliphatic heterocycles. The number of nitrogens with two attached hydrogens (primary N) is 4. The molecular formula is C55H90N10O13. The fraction of sp³-hybridized carbons (Fsp3) is 0.709. The minimum Gasteiger partial charge on any atom is -0.396 e. The minimum absolute atomic E-state index is 0.0195. The van der Waals surface area contributed by atoms with Crippen molar-refractivity contribution in [1.82, 2.24) is 31.9 Å². The quantitative estimate of drug-likeness (QED) is 0.0601. The maximum Gasteiger partial charge on any atom is 0.243 e. The Hall–Kier alpha value is -5.56. The maximum atomic E-state index is 14.5. The zero-order valence-corrected chi connectivity index (χ0v) is 46.1. The Balaban J connectivity index is 2.06. The fourth-order valence-electron chi connectivity index (χ4n) is 10.1. The van der Waals surface area contributed by atoms with Gasteiger partial charge in [-0.05, 0) is 102 Å². The van der Waals surface area contributed by atoms with E-state index in [4.69, 9.17) is 22.9 Å². The number of nitrogens with one attached hydrogen (secondary N) is 6. The summed E-state index contributed by atoms with van der Waals surface area (Å²) >= 11 is 0. The Morgan fingerprint density at radius 3 is 1.76 bits per heavy atom. The molecule has 23 nitrogen and oxygen atoms in total. The summed E-state index contributed by atoms with van der Waals surface area (Å²) in [5.74, 6) is -12.7. The first-order chi connectivity index (χ1) is 37.0. The molecule has 1 saturated carbocycles. The van der Waals surface area contributed by atoms with Crippen molar-refractivity contribution < 1.29 is 63.3 Å². The molecular weight excluding hydrogens is 1010 g/mol. The molecule has 12 atom stereocenters. The molecule has 2 aliphatic rings. The van der Waals surface area contributed by atoms with E-state index in [1.165, 1.54) is 13.8 Å². The number of benzene rings is 1. The van der Waals surface area contributed by atoms with E-state index in [0.29, 0.717) is 5.56 Å². The molecule has 0 bridgehead atoms. The zero-order valence-electron chi connectivity index (χ0n) is 46.1. The van der Waals surface area contributed by atoms with Gasteiger partial charge in [0.2, 0.25) is 35.4 Å². The molecule has 0 spiro atoms. The second kappa shape index (κ2) is 34.4. The first-order valence-electron chi connectivity index (χ1n) is 27.8. The van der Waals surface area contributed by atoms with Crippen LogP contribution in [0.25, 0.3) is 0 Å². The van der Waals surface area contributed by atoms with Gasteiger partial charge in [-0.3, -0.25) is 47.9 Å².